The van der Waals surface area contributed by atoms with Crippen LogP contribution in [0, 0.1) is 5.82 Å². The van der Waals surface area contributed by atoms with Crippen LogP contribution in [0.15, 0.2) is 83.8 Å². The van der Waals surface area contributed by atoms with Crippen molar-refractivity contribution in [3.8, 4) is 5.75 Å². The van der Waals surface area contributed by atoms with E-state index >= 15 is 0 Å². The zero-order valence-electron chi connectivity index (χ0n) is 14.9. The van der Waals surface area contributed by atoms with E-state index in [2.05, 4.69) is 0 Å². The van der Waals surface area contributed by atoms with E-state index in [0.29, 0.717) is 0 Å². The first-order valence-corrected chi connectivity index (χ1v) is 9.86. The van der Waals surface area contributed by atoms with Gasteiger partial charge < -0.3 is 4.74 Å². The minimum Gasteiger partial charge on any atom is -0.494 e. The van der Waals surface area contributed by atoms with Crippen LogP contribution in [0.2, 0.25) is 0 Å². The van der Waals surface area contributed by atoms with E-state index in [1.165, 1.54) is 23.5 Å². The van der Waals surface area contributed by atoms with Gasteiger partial charge in [0.25, 0.3) is 0 Å². The van der Waals surface area contributed by atoms with E-state index < -0.39 is 15.8 Å². The second-order valence-corrected chi connectivity index (χ2v) is 7.98. The molecule has 0 spiro atoms. The molecule has 0 fully saturated rings. The molecule has 0 aliphatic rings. The van der Waals surface area contributed by atoms with Crippen molar-refractivity contribution in [1.29, 1.82) is 0 Å². The quantitative estimate of drug-likeness (QED) is 0.612. The van der Waals surface area contributed by atoms with Crippen LogP contribution in [-0.4, -0.2) is 19.8 Å². The maximum absolute atomic E-state index is 13.7. The summed E-state index contributed by atoms with van der Waals surface area (Å²) < 4.78 is 46.6. The number of ether oxygens (including phenoxy) is 1. The average Bonchev–Trinajstić information content (AvgIpc) is 2.69. The van der Waals surface area contributed by atoms with Crippen molar-refractivity contribution in [2.75, 3.05) is 7.11 Å². The molecule has 0 aliphatic carbocycles. The lowest BCUT2D eigenvalue weighted by molar-refractivity contribution is 0.382. The lowest BCUT2D eigenvalue weighted by Gasteiger charge is -2.23. The fraction of sp³-hybridized carbons (Fsp3) is 0.143. The highest BCUT2D eigenvalue weighted by atomic mass is 32.2. The van der Waals surface area contributed by atoms with Gasteiger partial charge in [0.1, 0.15) is 0 Å². The summed E-state index contributed by atoms with van der Waals surface area (Å²) in [4.78, 5) is -0.00684. The van der Waals surface area contributed by atoms with Gasteiger partial charge in [-0.25, -0.2) is 12.8 Å². The molecule has 0 amide bonds. The van der Waals surface area contributed by atoms with Crippen molar-refractivity contribution in [2.24, 2.45) is 0 Å². The number of rotatable bonds is 7. The van der Waals surface area contributed by atoms with Gasteiger partial charge in [0.2, 0.25) is 10.0 Å². The Labute approximate surface area is 158 Å². The zero-order valence-corrected chi connectivity index (χ0v) is 15.7. The summed E-state index contributed by atoms with van der Waals surface area (Å²) in [7, 11) is -2.55. The van der Waals surface area contributed by atoms with E-state index in [1.807, 2.05) is 60.7 Å². The summed E-state index contributed by atoms with van der Waals surface area (Å²) in [6.45, 7) is 0.412. The van der Waals surface area contributed by atoms with Crippen LogP contribution in [0.5, 0.6) is 5.75 Å². The molecule has 0 atom stereocenters. The highest BCUT2D eigenvalue weighted by Gasteiger charge is 2.26. The number of nitrogens with zero attached hydrogens (tertiary/aromatic N) is 1. The Morgan fingerprint density at radius 3 is 1.85 bits per heavy atom. The highest BCUT2D eigenvalue weighted by Crippen LogP contribution is 2.26. The average molecular weight is 385 g/mol. The lowest BCUT2D eigenvalue weighted by atomic mass is 10.2. The Bertz CT molecular complexity index is 951. The third-order valence-corrected chi connectivity index (χ3v) is 5.95. The van der Waals surface area contributed by atoms with E-state index in [4.69, 9.17) is 4.74 Å². The van der Waals surface area contributed by atoms with Crippen molar-refractivity contribution < 1.29 is 17.5 Å². The molecule has 6 heteroatoms. The molecule has 0 N–H and O–H groups in total. The predicted octanol–water partition coefficient (Wildman–Crippen LogP) is 4.23. The van der Waals surface area contributed by atoms with Gasteiger partial charge in [0, 0.05) is 19.2 Å². The maximum Gasteiger partial charge on any atom is 0.243 e. The standard InChI is InChI=1S/C21H20FNO3S/c1-26-21-14-19(12-13-20(21)22)27(24,25)23(15-17-8-4-2-5-9-17)16-18-10-6-3-7-11-18/h2-14H,15-16H2,1H3. The van der Waals surface area contributed by atoms with Crippen molar-refractivity contribution in [3.63, 3.8) is 0 Å². The summed E-state index contributed by atoms with van der Waals surface area (Å²) >= 11 is 0. The molecule has 0 bridgehead atoms. The van der Waals surface area contributed by atoms with Gasteiger partial charge in [-0.05, 0) is 23.3 Å². The third kappa shape index (κ3) is 4.53. The SMILES string of the molecule is COc1cc(S(=O)(=O)N(Cc2ccccc2)Cc2ccccc2)ccc1F. The molecule has 0 aromatic heterocycles. The second kappa shape index (κ2) is 8.33. The molecule has 3 rings (SSSR count). The van der Waals surface area contributed by atoms with Gasteiger partial charge in [0.15, 0.2) is 11.6 Å². The van der Waals surface area contributed by atoms with Crippen LogP contribution in [0.1, 0.15) is 11.1 Å². The van der Waals surface area contributed by atoms with E-state index in [9.17, 15) is 12.8 Å². The molecule has 140 valence electrons. The topological polar surface area (TPSA) is 46.6 Å². The number of sulfonamides is 1. The second-order valence-electron chi connectivity index (χ2n) is 6.04. The van der Waals surface area contributed by atoms with Crippen molar-refractivity contribution in [1.82, 2.24) is 4.31 Å². The van der Waals surface area contributed by atoms with E-state index in [0.717, 1.165) is 17.2 Å². The summed E-state index contributed by atoms with van der Waals surface area (Å²) in [5, 5.41) is 0. The number of hydrogen-bond donors (Lipinski definition) is 0. The van der Waals surface area contributed by atoms with Crippen molar-refractivity contribution >= 4 is 10.0 Å². The Morgan fingerprint density at radius 1 is 0.852 bits per heavy atom. The molecule has 0 aliphatic heterocycles. The van der Waals surface area contributed by atoms with Crippen LogP contribution in [0.4, 0.5) is 4.39 Å². The first-order chi connectivity index (χ1) is 13.0. The molecule has 3 aromatic carbocycles. The summed E-state index contributed by atoms with van der Waals surface area (Å²) in [6.07, 6.45) is 0. The first kappa shape index (κ1) is 19.1. The minimum atomic E-state index is -3.86. The van der Waals surface area contributed by atoms with Crippen LogP contribution in [0.3, 0.4) is 0 Å². The van der Waals surface area contributed by atoms with Crippen LogP contribution in [-0.2, 0) is 23.1 Å². The molecule has 0 saturated heterocycles. The van der Waals surface area contributed by atoms with Gasteiger partial charge in [-0.3, -0.25) is 0 Å². The largest absolute Gasteiger partial charge is 0.494 e. The molecular formula is C21H20FNO3S. The number of halogens is 1. The van der Waals surface area contributed by atoms with Gasteiger partial charge in [-0.2, -0.15) is 4.31 Å². The smallest absolute Gasteiger partial charge is 0.243 e. The monoisotopic (exact) mass is 385 g/mol. The molecule has 0 heterocycles. The van der Waals surface area contributed by atoms with E-state index in [-0.39, 0.29) is 23.7 Å². The molecule has 4 nitrogen and oxygen atoms in total. The van der Waals surface area contributed by atoms with Gasteiger partial charge in [0.05, 0.1) is 12.0 Å². The molecule has 27 heavy (non-hydrogen) atoms. The maximum atomic E-state index is 13.7. The normalized spacial score (nSPS) is 11.5. The molecule has 3 aromatic rings. The van der Waals surface area contributed by atoms with Crippen molar-refractivity contribution in [2.45, 2.75) is 18.0 Å². The van der Waals surface area contributed by atoms with Crippen molar-refractivity contribution in [3.05, 3.63) is 95.8 Å². The van der Waals surface area contributed by atoms with Gasteiger partial charge in [-0.1, -0.05) is 60.7 Å². The van der Waals surface area contributed by atoms with E-state index in [1.54, 1.807) is 0 Å². The van der Waals surface area contributed by atoms with Crippen LogP contribution >= 0.6 is 0 Å². The van der Waals surface area contributed by atoms with Crippen LogP contribution < -0.4 is 4.74 Å². The van der Waals surface area contributed by atoms with Crippen LogP contribution in [0.25, 0.3) is 0 Å². The Balaban J connectivity index is 1.99. The summed E-state index contributed by atoms with van der Waals surface area (Å²) in [5.41, 5.74) is 1.73. The molecule has 0 saturated carbocycles. The Hall–Kier alpha value is -2.70. The molecule has 0 radical (unpaired) electrons. The molecule has 0 unspecified atom stereocenters. The first-order valence-electron chi connectivity index (χ1n) is 8.42. The lowest BCUT2D eigenvalue weighted by Crippen LogP contribution is -2.30. The highest BCUT2D eigenvalue weighted by molar-refractivity contribution is 7.89. The Kier molecular flexibility index (Phi) is 5.88. The predicted molar refractivity (Wildman–Crippen MR) is 102 cm³/mol. The fourth-order valence-electron chi connectivity index (χ4n) is 2.75. The minimum absolute atomic E-state index is 0.00684. The number of benzene rings is 3. The Morgan fingerprint density at radius 2 is 1.37 bits per heavy atom. The summed E-state index contributed by atoms with van der Waals surface area (Å²) in [6, 6.07) is 22.3. The van der Waals surface area contributed by atoms with Gasteiger partial charge >= 0.3 is 0 Å². The number of hydrogen-bond acceptors (Lipinski definition) is 3. The van der Waals surface area contributed by atoms with Gasteiger partial charge in [-0.15, -0.1) is 0 Å². The third-order valence-electron chi connectivity index (χ3n) is 4.16. The zero-order chi connectivity index (χ0) is 19.3. The fourth-order valence-corrected chi connectivity index (χ4v) is 4.18. The molecular weight excluding hydrogens is 365 g/mol. The number of methoxy groups -OCH3 is 1. The summed E-state index contributed by atoms with van der Waals surface area (Å²) in [5.74, 6) is -0.704.